The molecule has 0 spiro atoms. The first-order valence-corrected chi connectivity index (χ1v) is 11.6. The van der Waals surface area contributed by atoms with E-state index in [0.717, 1.165) is 22.3 Å². The lowest BCUT2D eigenvalue weighted by Gasteiger charge is -2.22. The van der Waals surface area contributed by atoms with Gasteiger partial charge < -0.3 is 25.2 Å². The zero-order valence-electron chi connectivity index (χ0n) is 19.2. The number of ether oxygens (including phenoxy) is 1. The van der Waals surface area contributed by atoms with Crippen molar-refractivity contribution in [3.05, 3.63) is 59.7 Å². The van der Waals surface area contributed by atoms with Crippen LogP contribution in [0.25, 0.3) is 11.1 Å². The molecular weight excluding hydrogens is 436 g/mol. The molecule has 1 fully saturated rings. The summed E-state index contributed by atoms with van der Waals surface area (Å²) in [5.41, 5.74) is 2.72. The van der Waals surface area contributed by atoms with E-state index >= 15 is 0 Å². The Hall–Kier alpha value is -3.39. The monoisotopic (exact) mass is 466 g/mol. The van der Waals surface area contributed by atoms with Gasteiger partial charge in [-0.2, -0.15) is 0 Å². The van der Waals surface area contributed by atoms with Crippen LogP contribution >= 0.6 is 0 Å². The number of carbonyl (C=O) groups is 3. The lowest BCUT2D eigenvalue weighted by Crippen LogP contribution is -2.43. The number of fused-ring (bicyclic) bond motifs is 3. The predicted molar refractivity (Wildman–Crippen MR) is 125 cm³/mol. The largest absolute Gasteiger partial charge is 0.479 e. The Morgan fingerprint density at radius 2 is 1.74 bits per heavy atom. The molecule has 0 bridgehead atoms. The third-order valence-corrected chi connectivity index (χ3v) is 6.92. The van der Waals surface area contributed by atoms with Crippen molar-refractivity contribution < 1.29 is 29.3 Å². The van der Waals surface area contributed by atoms with E-state index in [2.05, 4.69) is 29.6 Å². The van der Waals surface area contributed by atoms with E-state index in [0.29, 0.717) is 6.42 Å². The molecule has 3 N–H and O–H groups in total. The highest BCUT2D eigenvalue weighted by Crippen LogP contribution is 2.44. The number of nitrogens with one attached hydrogen (secondary N) is 1. The topological polar surface area (TPSA) is 116 Å². The fourth-order valence-electron chi connectivity index (χ4n) is 4.80. The Balaban J connectivity index is 1.28. The van der Waals surface area contributed by atoms with Gasteiger partial charge in [0, 0.05) is 31.8 Å². The maximum atomic E-state index is 12.6. The lowest BCUT2D eigenvalue weighted by atomic mass is 9.98. The lowest BCUT2D eigenvalue weighted by molar-refractivity contribution is -0.157. The average molecular weight is 467 g/mol. The minimum Gasteiger partial charge on any atom is -0.479 e. The van der Waals surface area contributed by atoms with Gasteiger partial charge in [0.25, 0.3) is 0 Å². The number of alkyl carbamates (subject to hydrolysis) is 1. The van der Waals surface area contributed by atoms with Crippen molar-refractivity contribution in [1.82, 2.24) is 10.2 Å². The van der Waals surface area contributed by atoms with Crippen molar-refractivity contribution in [2.24, 2.45) is 5.92 Å². The summed E-state index contributed by atoms with van der Waals surface area (Å²) in [5, 5.41) is 22.0. The third kappa shape index (κ3) is 4.77. The van der Waals surface area contributed by atoms with Crippen molar-refractivity contribution in [3.8, 4) is 11.1 Å². The number of aliphatic hydroxyl groups is 1. The van der Waals surface area contributed by atoms with Crippen molar-refractivity contribution >= 4 is 18.0 Å². The highest BCUT2D eigenvalue weighted by molar-refractivity contribution is 5.82. The fraction of sp³-hybridized carbons (Fsp3) is 0.423. The van der Waals surface area contributed by atoms with Crippen LogP contribution in [0.1, 0.15) is 43.2 Å². The molecule has 8 heteroatoms. The summed E-state index contributed by atoms with van der Waals surface area (Å²) in [7, 11) is 0. The van der Waals surface area contributed by atoms with Crippen molar-refractivity contribution in [3.63, 3.8) is 0 Å². The van der Waals surface area contributed by atoms with Gasteiger partial charge in [-0.15, -0.1) is 0 Å². The number of nitrogens with zero attached hydrogens (tertiary/aromatic N) is 1. The van der Waals surface area contributed by atoms with Gasteiger partial charge in [0.05, 0.1) is 6.54 Å². The summed E-state index contributed by atoms with van der Waals surface area (Å²) in [5.74, 6) is -1.68. The fourth-order valence-corrected chi connectivity index (χ4v) is 4.80. The Labute approximate surface area is 198 Å². The van der Waals surface area contributed by atoms with Gasteiger partial charge in [-0.05, 0) is 28.2 Å². The van der Waals surface area contributed by atoms with Crippen molar-refractivity contribution in [2.75, 3.05) is 26.2 Å². The second kappa shape index (κ2) is 9.85. The number of benzene rings is 2. The summed E-state index contributed by atoms with van der Waals surface area (Å²) in [6, 6.07) is 16.2. The predicted octanol–water partition coefficient (Wildman–Crippen LogP) is 2.99. The van der Waals surface area contributed by atoms with Gasteiger partial charge in [-0.1, -0.05) is 61.9 Å². The van der Waals surface area contributed by atoms with Crippen LogP contribution in [-0.4, -0.2) is 64.9 Å². The molecule has 2 atom stereocenters. The summed E-state index contributed by atoms with van der Waals surface area (Å²) in [4.78, 5) is 37.6. The third-order valence-electron chi connectivity index (χ3n) is 6.92. The molecule has 0 aromatic heterocycles. The molecule has 2 unspecified atom stereocenters. The van der Waals surface area contributed by atoms with Gasteiger partial charge in [0.1, 0.15) is 6.61 Å². The van der Waals surface area contributed by atoms with Gasteiger partial charge >= 0.3 is 12.1 Å². The highest BCUT2D eigenvalue weighted by atomic mass is 16.5. The first kappa shape index (κ1) is 23.8. The number of carboxylic acids is 1. The van der Waals surface area contributed by atoms with Crippen LogP contribution in [0.2, 0.25) is 0 Å². The van der Waals surface area contributed by atoms with Crippen LogP contribution in [-0.2, 0) is 14.3 Å². The number of rotatable bonds is 8. The number of carboxylic acid groups (broad SMARTS) is 1. The Morgan fingerprint density at radius 3 is 2.29 bits per heavy atom. The normalized spacial score (nSPS) is 19.9. The Morgan fingerprint density at radius 1 is 1.12 bits per heavy atom. The molecule has 1 heterocycles. The minimum atomic E-state index is -1.88. The molecule has 0 radical (unpaired) electrons. The van der Waals surface area contributed by atoms with Crippen LogP contribution < -0.4 is 5.32 Å². The first-order valence-electron chi connectivity index (χ1n) is 11.6. The number of carbonyl (C=O) groups excluding carboxylic acids is 2. The molecule has 2 aromatic carbocycles. The SMILES string of the molecule is CCC(CNC(=O)OCC1c2ccccc2-c2ccccc21)CC(=O)N1CCC(O)(C(=O)O)C1. The number of hydrogen-bond donors (Lipinski definition) is 3. The van der Waals surface area contributed by atoms with E-state index in [4.69, 9.17) is 9.84 Å². The maximum Gasteiger partial charge on any atom is 0.407 e. The summed E-state index contributed by atoms with van der Waals surface area (Å²) in [6.07, 6.45) is 0.305. The smallest absolute Gasteiger partial charge is 0.407 e. The molecule has 180 valence electrons. The number of likely N-dealkylation sites (tertiary alicyclic amines) is 1. The number of aliphatic carboxylic acids is 1. The van der Waals surface area contributed by atoms with Crippen LogP contribution in [0.5, 0.6) is 0 Å². The standard InChI is InChI=1S/C26H30N2O6/c1-2-17(13-23(29)28-12-11-26(33,16-28)24(30)31)14-27-25(32)34-15-22-20-9-5-3-7-18(20)19-8-4-6-10-21(19)22/h3-10,17,22,33H,2,11-16H2,1H3,(H,27,32)(H,30,31). The maximum absolute atomic E-state index is 12.6. The van der Waals surface area contributed by atoms with Crippen LogP contribution in [0, 0.1) is 5.92 Å². The van der Waals surface area contributed by atoms with E-state index in [1.807, 2.05) is 31.2 Å². The molecule has 1 saturated heterocycles. The molecule has 2 aliphatic rings. The van der Waals surface area contributed by atoms with E-state index < -0.39 is 17.7 Å². The van der Waals surface area contributed by atoms with E-state index in [9.17, 15) is 19.5 Å². The zero-order valence-corrected chi connectivity index (χ0v) is 19.2. The number of hydrogen-bond acceptors (Lipinski definition) is 5. The molecule has 2 amide bonds. The van der Waals surface area contributed by atoms with Crippen LogP contribution in [0.3, 0.4) is 0 Å². The summed E-state index contributed by atoms with van der Waals surface area (Å²) < 4.78 is 5.55. The Kier molecular flexibility index (Phi) is 6.88. The van der Waals surface area contributed by atoms with Gasteiger partial charge in [0.15, 0.2) is 5.60 Å². The van der Waals surface area contributed by atoms with Crippen molar-refractivity contribution in [1.29, 1.82) is 0 Å². The average Bonchev–Trinajstić information content (AvgIpc) is 3.40. The quantitative estimate of drug-likeness (QED) is 0.551. The van der Waals surface area contributed by atoms with Crippen LogP contribution in [0.4, 0.5) is 4.79 Å². The number of amides is 2. The molecular formula is C26H30N2O6. The molecule has 1 aliphatic carbocycles. The highest BCUT2D eigenvalue weighted by Gasteiger charge is 2.44. The molecule has 34 heavy (non-hydrogen) atoms. The summed E-state index contributed by atoms with van der Waals surface area (Å²) >= 11 is 0. The molecule has 8 nitrogen and oxygen atoms in total. The van der Waals surface area contributed by atoms with Gasteiger partial charge in [-0.3, -0.25) is 4.79 Å². The Bertz CT molecular complexity index is 1040. The molecule has 4 rings (SSSR count). The molecule has 0 saturated carbocycles. The number of β-amino-alcohol motifs (C(OH)–C–C–N with tert-alkyl or cyclic N) is 1. The minimum absolute atomic E-state index is 0.0167. The molecule has 2 aromatic rings. The van der Waals surface area contributed by atoms with Gasteiger partial charge in [0.2, 0.25) is 5.91 Å². The van der Waals surface area contributed by atoms with Gasteiger partial charge in [-0.25, -0.2) is 9.59 Å². The summed E-state index contributed by atoms with van der Waals surface area (Å²) in [6.45, 7) is 2.41. The first-order chi connectivity index (χ1) is 16.3. The van der Waals surface area contributed by atoms with E-state index in [1.54, 1.807) is 0 Å². The molecule has 1 aliphatic heterocycles. The second-order valence-corrected chi connectivity index (χ2v) is 9.09. The van der Waals surface area contributed by atoms with Crippen molar-refractivity contribution in [2.45, 2.75) is 37.7 Å². The van der Waals surface area contributed by atoms with E-state index in [-0.39, 0.29) is 56.8 Å². The van der Waals surface area contributed by atoms with E-state index in [1.165, 1.54) is 4.90 Å². The second-order valence-electron chi connectivity index (χ2n) is 9.09. The van der Waals surface area contributed by atoms with Crippen LogP contribution in [0.15, 0.2) is 48.5 Å². The zero-order chi connectivity index (χ0) is 24.3.